The van der Waals surface area contributed by atoms with Crippen LogP contribution in [0, 0.1) is 11.6 Å². The first kappa shape index (κ1) is 19.5. The number of rotatable bonds is 5. The van der Waals surface area contributed by atoms with E-state index in [1.54, 1.807) is 0 Å². The first-order valence-electron chi connectivity index (χ1n) is 11.0. The van der Waals surface area contributed by atoms with E-state index in [1.165, 1.54) is 34.9 Å². The summed E-state index contributed by atoms with van der Waals surface area (Å²) in [6.45, 7) is 2.17. The van der Waals surface area contributed by atoms with Gasteiger partial charge in [-0.25, -0.2) is 8.78 Å². The maximum absolute atomic E-state index is 14.6. The largest absolute Gasteiger partial charge is 0.482 e. The van der Waals surface area contributed by atoms with E-state index in [2.05, 4.69) is 35.2 Å². The van der Waals surface area contributed by atoms with Crippen molar-refractivity contribution in [2.24, 2.45) is 0 Å². The fraction of sp³-hybridized carbons (Fsp3) is 0.385. The maximum atomic E-state index is 14.6. The number of nitrogens with zero attached hydrogens (tertiary/aromatic N) is 1. The molecule has 2 aliphatic rings. The molecule has 1 saturated heterocycles. The summed E-state index contributed by atoms with van der Waals surface area (Å²) in [5.41, 5.74) is 2.02. The Labute approximate surface area is 176 Å². The zero-order chi connectivity index (χ0) is 20.5. The Balaban J connectivity index is 1.19. The quantitative estimate of drug-likeness (QED) is 0.483. The number of likely N-dealkylation sites (tertiary alicyclic amines) is 1. The van der Waals surface area contributed by atoms with Gasteiger partial charge in [0, 0.05) is 19.6 Å². The van der Waals surface area contributed by atoms with Crippen molar-refractivity contribution >= 4 is 10.8 Å². The average Bonchev–Trinajstić information content (AvgIpc) is 2.74. The predicted molar refractivity (Wildman–Crippen MR) is 116 cm³/mol. The fourth-order valence-electron chi connectivity index (χ4n) is 4.85. The van der Waals surface area contributed by atoms with E-state index < -0.39 is 11.6 Å². The molecule has 1 aliphatic heterocycles. The van der Waals surface area contributed by atoms with Crippen LogP contribution >= 0.6 is 0 Å². The van der Waals surface area contributed by atoms with Gasteiger partial charge in [0.25, 0.3) is 0 Å². The Bertz CT molecular complexity index is 1020. The molecule has 0 radical (unpaired) electrons. The highest BCUT2D eigenvalue weighted by Crippen LogP contribution is 2.36. The number of ether oxygens (including phenoxy) is 1. The molecule has 1 heterocycles. The zero-order valence-electron chi connectivity index (χ0n) is 17.1. The van der Waals surface area contributed by atoms with Crippen LogP contribution in [0.3, 0.4) is 0 Å². The van der Waals surface area contributed by atoms with E-state index in [1.807, 2.05) is 12.1 Å². The second-order valence-electron chi connectivity index (χ2n) is 8.76. The van der Waals surface area contributed by atoms with Crippen LogP contribution in [0.1, 0.15) is 49.1 Å². The third kappa shape index (κ3) is 4.06. The van der Waals surface area contributed by atoms with Crippen LogP contribution in [0.25, 0.3) is 10.8 Å². The van der Waals surface area contributed by atoms with Crippen LogP contribution in [0.2, 0.25) is 0 Å². The molecule has 0 bridgehead atoms. The molecule has 4 heteroatoms. The van der Waals surface area contributed by atoms with Crippen LogP contribution < -0.4 is 4.74 Å². The number of hydrogen-bond donors (Lipinski definition) is 0. The molecule has 5 rings (SSSR count). The van der Waals surface area contributed by atoms with Crippen molar-refractivity contribution in [2.75, 3.05) is 13.1 Å². The molecule has 0 atom stereocenters. The molecule has 0 N–H and O–H groups in total. The lowest BCUT2D eigenvalue weighted by atomic mass is 9.84. The summed E-state index contributed by atoms with van der Waals surface area (Å²) in [5, 5.41) is 2.46. The summed E-state index contributed by atoms with van der Waals surface area (Å²) in [5.74, 6) is -1.07. The second kappa shape index (κ2) is 8.35. The Hall–Kier alpha value is -2.46. The maximum Gasteiger partial charge on any atom is 0.191 e. The molecule has 0 aromatic heterocycles. The predicted octanol–water partition coefficient (Wildman–Crippen LogP) is 6.43. The van der Waals surface area contributed by atoms with Crippen molar-refractivity contribution in [1.82, 2.24) is 4.90 Å². The van der Waals surface area contributed by atoms with Gasteiger partial charge in [0.1, 0.15) is 6.10 Å². The molecule has 2 nitrogen and oxygen atoms in total. The summed E-state index contributed by atoms with van der Waals surface area (Å²) in [6.07, 6.45) is 5.37. The van der Waals surface area contributed by atoms with Crippen LogP contribution in [0.5, 0.6) is 5.75 Å². The van der Waals surface area contributed by atoms with Crippen LogP contribution in [-0.2, 0) is 6.54 Å². The molecule has 0 amide bonds. The van der Waals surface area contributed by atoms with Gasteiger partial charge in [-0.1, -0.05) is 55.7 Å². The van der Waals surface area contributed by atoms with Gasteiger partial charge in [0.05, 0.1) is 0 Å². The Morgan fingerprint density at radius 2 is 1.53 bits per heavy atom. The molecular formula is C26H27F2NO. The molecule has 3 aromatic rings. The van der Waals surface area contributed by atoms with Gasteiger partial charge in [-0.05, 0) is 58.9 Å². The van der Waals surface area contributed by atoms with Gasteiger partial charge in [0.15, 0.2) is 17.4 Å². The number of benzene rings is 3. The smallest absolute Gasteiger partial charge is 0.191 e. The minimum Gasteiger partial charge on any atom is -0.482 e. The van der Waals surface area contributed by atoms with Crippen molar-refractivity contribution in [1.29, 1.82) is 0 Å². The zero-order valence-corrected chi connectivity index (χ0v) is 17.1. The van der Waals surface area contributed by atoms with E-state index in [-0.39, 0.29) is 17.8 Å². The lowest BCUT2D eigenvalue weighted by molar-refractivity contribution is 0.00990. The summed E-state index contributed by atoms with van der Waals surface area (Å²) in [4.78, 5) is 2.24. The third-order valence-electron chi connectivity index (χ3n) is 6.53. The lowest BCUT2D eigenvalue weighted by Gasteiger charge is -2.39. The van der Waals surface area contributed by atoms with E-state index in [0.717, 1.165) is 37.8 Å². The monoisotopic (exact) mass is 407 g/mol. The number of hydrogen-bond acceptors (Lipinski definition) is 2. The minimum atomic E-state index is -0.566. The minimum absolute atomic E-state index is 0.171. The molecule has 3 aromatic carbocycles. The van der Waals surface area contributed by atoms with Crippen LogP contribution in [0.15, 0.2) is 54.6 Å². The van der Waals surface area contributed by atoms with E-state index >= 15 is 0 Å². The highest BCUT2D eigenvalue weighted by atomic mass is 19.1. The Morgan fingerprint density at radius 1 is 0.833 bits per heavy atom. The molecule has 30 heavy (non-hydrogen) atoms. The first-order chi connectivity index (χ1) is 14.7. The molecular weight excluding hydrogens is 380 g/mol. The number of halogens is 2. The summed E-state index contributed by atoms with van der Waals surface area (Å²) in [6, 6.07) is 17.8. The molecule has 2 fully saturated rings. The van der Waals surface area contributed by atoms with Gasteiger partial charge < -0.3 is 4.74 Å². The molecule has 1 aliphatic carbocycles. The standard InChI is InChI=1S/C26H27F2NO/c27-24-13-22(19-6-2-1-3-7-19)14-25(28)26(24)30-23-16-29(17-23)15-18-10-11-20-8-4-5-9-21(20)12-18/h4-5,8-14,19,23H,1-3,6-7,15-17H2. The molecule has 156 valence electrons. The van der Waals surface area contributed by atoms with Gasteiger partial charge >= 0.3 is 0 Å². The normalized spacial score (nSPS) is 18.5. The highest BCUT2D eigenvalue weighted by Gasteiger charge is 2.30. The van der Waals surface area contributed by atoms with Gasteiger partial charge in [-0.3, -0.25) is 4.90 Å². The first-order valence-corrected chi connectivity index (χ1v) is 11.0. The van der Waals surface area contributed by atoms with Crippen LogP contribution in [0.4, 0.5) is 8.78 Å². The highest BCUT2D eigenvalue weighted by molar-refractivity contribution is 5.82. The van der Waals surface area contributed by atoms with Crippen molar-refractivity contribution in [3.8, 4) is 5.75 Å². The Kier molecular flexibility index (Phi) is 5.43. The Morgan fingerprint density at radius 3 is 2.27 bits per heavy atom. The van der Waals surface area contributed by atoms with E-state index in [0.29, 0.717) is 13.1 Å². The fourth-order valence-corrected chi connectivity index (χ4v) is 4.85. The number of fused-ring (bicyclic) bond motifs is 1. The van der Waals surface area contributed by atoms with E-state index in [4.69, 9.17) is 4.74 Å². The van der Waals surface area contributed by atoms with E-state index in [9.17, 15) is 8.78 Å². The summed E-state index contributed by atoms with van der Waals surface area (Å²) in [7, 11) is 0. The summed E-state index contributed by atoms with van der Waals surface area (Å²) >= 11 is 0. The summed E-state index contributed by atoms with van der Waals surface area (Å²) < 4.78 is 34.9. The van der Waals surface area contributed by atoms with Crippen molar-refractivity contribution in [3.05, 3.63) is 77.4 Å². The van der Waals surface area contributed by atoms with Crippen LogP contribution in [-0.4, -0.2) is 24.1 Å². The van der Waals surface area contributed by atoms with Gasteiger partial charge in [0.2, 0.25) is 0 Å². The van der Waals surface area contributed by atoms with Gasteiger partial charge in [-0.2, -0.15) is 0 Å². The van der Waals surface area contributed by atoms with Crippen molar-refractivity contribution < 1.29 is 13.5 Å². The SMILES string of the molecule is Fc1cc(C2CCCCC2)cc(F)c1OC1CN(Cc2ccc3ccccc3c2)C1. The second-order valence-corrected chi connectivity index (χ2v) is 8.76. The van der Waals surface area contributed by atoms with Gasteiger partial charge in [-0.15, -0.1) is 0 Å². The lowest BCUT2D eigenvalue weighted by Crippen LogP contribution is -2.53. The molecule has 0 unspecified atom stereocenters. The average molecular weight is 408 g/mol. The molecule has 1 saturated carbocycles. The third-order valence-corrected chi connectivity index (χ3v) is 6.53. The van der Waals surface area contributed by atoms with Crippen molar-refractivity contribution in [2.45, 2.75) is 50.7 Å². The van der Waals surface area contributed by atoms with Crippen molar-refractivity contribution in [3.63, 3.8) is 0 Å². The topological polar surface area (TPSA) is 12.5 Å². The molecule has 0 spiro atoms.